The zero-order valence-corrected chi connectivity index (χ0v) is 12.7. The first kappa shape index (κ1) is 14.7. The van der Waals surface area contributed by atoms with Crippen LogP contribution in [0, 0.1) is 0 Å². The van der Waals surface area contributed by atoms with Gasteiger partial charge in [-0.15, -0.1) is 0 Å². The lowest BCUT2D eigenvalue weighted by molar-refractivity contribution is -0.137. The Kier molecular flexibility index (Phi) is 3.90. The molecule has 1 aliphatic heterocycles. The lowest BCUT2D eigenvalue weighted by Crippen LogP contribution is -2.30. The summed E-state index contributed by atoms with van der Waals surface area (Å²) in [4.78, 5) is 24.6. The first-order chi connectivity index (χ1) is 10.5. The Morgan fingerprint density at radius 2 is 2.18 bits per heavy atom. The van der Waals surface area contributed by atoms with Crippen LogP contribution in [0.15, 0.2) is 27.7 Å². The molecular weight excluding hydrogens is 326 g/mol. The van der Waals surface area contributed by atoms with E-state index in [1.807, 2.05) is 0 Å². The number of thiocarbonyl (C=S) groups is 1. The average molecular weight is 335 g/mol. The van der Waals surface area contributed by atoms with Gasteiger partial charge in [0.2, 0.25) is 0 Å². The van der Waals surface area contributed by atoms with E-state index in [0.717, 1.165) is 17.3 Å². The normalized spacial score (nSPS) is 16.9. The molecule has 7 nitrogen and oxygen atoms in total. The number of carbonyl (C=O) groups excluding carboxylic acids is 1. The number of carbonyl (C=O) groups is 2. The number of hydrogen-bond donors (Lipinski definition) is 1. The summed E-state index contributed by atoms with van der Waals surface area (Å²) >= 11 is 6.28. The molecule has 0 saturated carbocycles. The van der Waals surface area contributed by atoms with Crippen molar-refractivity contribution in [2.75, 3.05) is 6.54 Å². The first-order valence-electron chi connectivity index (χ1n) is 6.24. The maximum Gasteiger partial charge on any atom is 0.305 e. The van der Waals surface area contributed by atoms with Crippen molar-refractivity contribution in [3.8, 4) is 0 Å². The molecular formula is C13H9N3O4S2. The third kappa shape index (κ3) is 2.85. The number of rotatable bonds is 4. The zero-order valence-electron chi connectivity index (χ0n) is 11.1. The van der Waals surface area contributed by atoms with Gasteiger partial charge in [0.05, 0.1) is 11.3 Å². The quantitative estimate of drug-likeness (QED) is 0.668. The fraction of sp³-hybridized carbons (Fsp3) is 0.154. The molecule has 1 N–H and O–H groups in total. The minimum absolute atomic E-state index is 0.0730. The van der Waals surface area contributed by atoms with E-state index in [0.29, 0.717) is 20.3 Å². The van der Waals surface area contributed by atoms with Crippen LogP contribution in [-0.4, -0.2) is 43.1 Å². The van der Waals surface area contributed by atoms with Gasteiger partial charge < -0.3 is 5.11 Å². The molecule has 1 amide bonds. The van der Waals surface area contributed by atoms with E-state index in [4.69, 9.17) is 17.3 Å². The van der Waals surface area contributed by atoms with Crippen LogP contribution in [0.25, 0.3) is 17.1 Å². The fourth-order valence-electron chi connectivity index (χ4n) is 1.94. The van der Waals surface area contributed by atoms with E-state index in [1.54, 1.807) is 24.3 Å². The van der Waals surface area contributed by atoms with Crippen LogP contribution >= 0.6 is 24.0 Å². The van der Waals surface area contributed by atoms with Gasteiger partial charge in [0.1, 0.15) is 15.4 Å². The van der Waals surface area contributed by atoms with E-state index in [1.165, 1.54) is 4.90 Å². The minimum atomic E-state index is -0.970. The second-order valence-corrected chi connectivity index (χ2v) is 6.17. The highest BCUT2D eigenvalue weighted by molar-refractivity contribution is 8.26. The Labute approximate surface area is 133 Å². The number of thioether (sulfide) groups is 1. The average Bonchev–Trinajstić information content (AvgIpc) is 3.02. The van der Waals surface area contributed by atoms with Gasteiger partial charge >= 0.3 is 5.97 Å². The summed E-state index contributed by atoms with van der Waals surface area (Å²) in [5.41, 5.74) is 1.99. The molecule has 0 bridgehead atoms. The van der Waals surface area contributed by atoms with Crippen LogP contribution in [0.4, 0.5) is 0 Å². The van der Waals surface area contributed by atoms with E-state index < -0.39 is 5.97 Å². The number of benzene rings is 1. The molecule has 2 aromatic rings. The van der Waals surface area contributed by atoms with Crippen molar-refractivity contribution in [1.29, 1.82) is 0 Å². The van der Waals surface area contributed by atoms with E-state index in [9.17, 15) is 9.59 Å². The predicted octanol–water partition coefficient (Wildman–Crippen LogP) is 1.90. The predicted molar refractivity (Wildman–Crippen MR) is 83.9 cm³/mol. The lowest BCUT2D eigenvalue weighted by Gasteiger charge is -2.12. The summed E-state index contributed by atoms with van der Waals surface area (Å²) in [7, 11) is 0. The third-order valence-electron chi connectivity index (χ3n) is 3.00. The topological polar surface area (TPSA) is 96.5 Å². The molecule has 1 aliphatic rings. The van der Waals surface area contributed by atoms with Crippen molar-refractivity contribution in [2.24, 2.45) is 0 Å². The molecule has 0 aliphatic carbocycles. The van der Waals surface area contributed by atoms with Gasteiger partial charge in [-0.3, -0.25) is 14.5 Å². The van der Waals surface area contributed by atoms with Crippen LogP contribution in [0.5, 0.6) is 0 Å². The zero-order chi connectivity index (χ0) is 15.7. The number of aliphatic carboxylic acids is 1. The van der Waals surface area contributed by atoms with Gasteiger partial charge in [0.15, 0.2) is 0 Å². The molecule has 0 atom stereocenters. The lowest BCUT2D eigenvalue weighted by atomic mass is 10.2. The van der Waals surface area contributed by atoms with Crippen LogP contribution in [0.3, 0.4) is 0 Å². The maximum atomic E-state index is 12.3. The highest BCUT2D eigenvalue weighted by Crippen LogP contribution is 2.32. The maximum absolute atomic E-state index is 12.3. The summed E-state index contributed by atoms with van der Waals surface area (Å²) in [5, 5.41) is 16.2. The number of carboxylic acids is 1. The van der Waals surface area contributed by atoms with E-state index in [2.05, 4.69) is 14.9 Å². The van der Waals surface area contributed by atoms with Gasteiger partial charge in [0.25, 0.3) is 5.91 Å². The van der Waals surface area contributed by atoms with Crippen LogP contribution in [0.1, 0.15) is 12.0 Å². The highest BCUT2D eigenvalue weighted by atomic mass is 32.2. The summed E-state index contributed by atoms with van der Waals surface area (Å²) in [6.45, 7) is 0.0730. The van der Waals surface area contributed by atoms with Gasteiger partial charge in [-0.1, -0.05) is 30.0 Å². The second-order valence-electron chi connectivity index (χ2n) is 4.49. The van der Waals surface area contributed by atoms with E-state index in [-0.39, 0.29) is 18.9 Å². The molecule has 1 saturated heterocycles. The first-order valence-corrected chi connectivity index (χ1v) is 7.46. The number of amides is 1. The number of fused-ring (bicyclic) bond motifs is 1. The van der Waals surface area contributed by atoms with Crippen LogP contribution < -0.4 is 0 Å². The fourth-order valence-corrected chi connectivity index (χ4v) is 3.25. The smallest absolute Gasteiger partial charge is 0.305 e. The van der Waals surface area contributed by atoms with E-state index >= 15 is 0 Å². The minimum Gasteiger partial charge on any atom is -0.481 e. The second kappa shape index (κ2) is 5.85. The molecule has 2 heterocycles. The van der Waals surface area contributed by atoms with Crippen molar-refractivity contribution < 1.29 is 19.3 Å². The van der Waals surface area contributed by atoms with Gasteiger partial charge in [-0.05, 0) is 34.1 Å². The Morgan fingerprint density at radius 3 is 2.95 bits per heavy atom. The summed E-state index contributed by atoms with van der Waals surface area (Å²) in [6.07, 6.45) is 1.55. The Balaban J connectivity index is 1.83. The Hall–Kier alpha value is -2.26. The van der Waals surface area contributed by atoms with Gasteiger partial charge in [-0.25, -0.2) is 4.63 Å². The van der Waals surface area contributed by atoms with Crippen molar-refractivity contribution >= 4 is 57.3 Å². The van der Waals surface area contributed by atoms with Crippen LogP contribution in [0.2, 0.25) is 0 Å². The van der Waals surface area contributed by atoms with Gasteiger partial charge in [-0.2, -0.15) is 0 Å². The molecule has 0 radical (unpaired) electrons. The Bertz CT molecular complexity index is 814. The molecule has 112 valence electrons. The monoisotopic (exact) mass is 335 g/mol. The number of aromatic nitrogens is 2. The molecule has 22 heavy (non-hydrogen) atoms. The third-order valence-corrected chi connectivity index (χ3v) is 4.38. The van der Waals surface area contributed by atoms with Crippen molar-refractivity contribution in [3.63, 3.8) is 0 Å². The SMILES string of the molecule is O=C(O)CCN1C(=O)/C(=C/c2ccc3nonc3c2)SC1=S. The number of nitrogens with zero attached hydrogens (tertiary/aromatic N) is 3. The molecule has 1 fully saturated rings. The van der Waals surface area contributed by atoms with Crippen molar-refractivity contribution in [1.82, 2.24) is 15.2 Å². The molecule has 3 rings (SSSR count). The highest BCUT2D eigenvalue weighted by Gasteiger charge is 2.32. The molecule has 0 unspecified atom stereocenters. The van der Waals surface area contributed by atoms with Crippen molar-refractivity contribution in [3.05, 3.63) is 28.7 Å². The number of hydrogen-bond acceptors (Lipinski definition) is 7. The molecule has 1 aromatic carbocycles. The summed E-state index contributed by atoms with van der Waals surface area (Å²) in [5.74, 6) is -1.25. The number of carboxylic acid groups (broad SMARTS) is 1. The molecule has 9 heteroatoms. The van der Waals surface area contributed by atoms with Gasteiger partial charge in [0, 0.05) is 6.54 Å². The molecule has 0 spiro atoms. The van der Waals surface area contributed by atoms with Crippen LogP contribution in [-0.2, 0) is 9.59 Å². The standard InChI is InChI=1S/C13H9N3O4S2/c17-11(18)3-4-16-12(19)10(22-13(16)21)6-7-1-2-8-9(5-7)15-20-14-8/h1-2,5-6H,3-4H2,(H,17,18)/b10-6-. The van der Waals surface area contributed by atoms with Crippen molar-refractivity contribution in [2.45, 2.75) is 6.42 Å². The summed E-state index contributed by atoms with van der Waals surface area (Å²) < 4.78 is 4.98. The summed E-state index contributed by atoms with van der Waals surface area (Å²) in [6, 6.07) is 5.27. The largest absolute Gasteiger partial charge is 0.481 e. The Morgan fingerprint density at radius 1 is 1.41 bits per heavy atom. The molecule has 1 aromatic heterocycles.